The van der Waals surface area contributed by atoms with Crippen molar-refractivity contribution in [1.29, 1.82) is 0 Å². The van der Waals surface area contributed by atoms with Gasteiger partial charge in [0.1, 0.15) is 6.61 Å². The van der Waals surface area contributed by atoms with E-state index in [0.29, 0.717) is 15.8 Å². The van der Waals surface area contributed by atoms with Crippen LogP contribution < -0.4 is 5.32 Å². The minimum absolute atomic E-state index is 0.179. The highest BCUT2D eigenvalue weighted by Gasteiger charge is 2.42. The molecule has 0 fully saturated rings. The maximum atomic E-state index is 13.6. The molecule has 0 aliphatic rings. The van der Waals surface area contributed by atoms with Crippen LogP contribution in [0.4, 0.5) is 36.8 Å². The Balaban J connectivity index is 2.00. The summed E-state index contributed by atoms with van der Waals surface area (Å²) < 4.78 is 111. The van der Waals surface area contributed by atoms with E-state index in [1.54, 1.807) is 0 Å². The lowest BCUT2D eigenvalue weighted by Crippen LogP contribution is -2.17. The average molecular weight is 542 g/mol. The number of ether oxygens (including phenoxy) is 1. The van der Waals surface area contributed by atoms with Crippen LogP contribution in [-0.4, -0.2) is 24.3 Å². The molecule has 0 radical (unpaired) electrons. The number of aromatic nitrogens is 2. The minimum atomic E-state index is -5.16. The van der Waals surface area contributed by atoms with Gasteiger partial charge < -0.3 is 4.74 Å². The normalized spacial score (nSPS) is 12.5. The summed E-state index contributed by atoms with van der Waals surface area (Å²) in [5.74, 6) is 0. The molecular weight excluding hydrogens is 528 g/mol. The number of nitrogens with one attached hydrogen (secondary N) is 1. The van der Waals surface area contributed by atoms with Crippen LogP contribution in [0.3, 0.4) is 0 Å². The summed E-state index contributed by atoms with van der Waals surface area (Å²) in [4.78, 5) is 11.2. The number of hydrogen-bond donors (Lipinski definition) is 1. The molecule has 35 heavy (non-hydrogen) atoms. The van der Waals surface area contributed by atoms with Crippen LogP contribution in [0.25, 0.3) is 0 Å². The third kappa shape index (κ3) is 5.88. The number of amides is 1. The minimum Gasteiger partial charge on any atom is -0.444 e. The molecule has 7 nitrogen and oxygen atoms in total. The van der Waals surface area contributed by atoms with Gasteiger partial charge in [0.2, 0.25) is 9.84 Å². The van der Waals surface area contributed by atoms with Gasteiger partial charge in [-0.15, -0.1) is 0 Å². The number of aryl methyl sites for hydroxylation is 1. The highest BCUT2D eigenvalue weighted by atomic mass is 35.5. The summed E-state index contributed by atoms with van der Waals surface area (Å²) in [5, 5.41) is 4.66. The van der Waals surface area contributed by atoms with Gasteiger partial charge in [0.25, 0.3) is 0 Å². The van der Waals surface area contributed by atoms with E-state index in [1.165, 1.54) is 24.3 Å². The lowest BCUT2D eigenvalue weighted by molar-refractivity contribution is -0.142. The van der Waals surface area contributed by atoms with Crippen molar-refractivity contribution in [1.82, 2.24) is 9.78 Å². The van der Waals surface area contributed by atoms with Crippen LogP contribution in [0.5, 0.6) is 0 Å². The van der Waals surface area contributed by atoms with Crippen molar-refractivity contribution in [2.45, 2.75) is 28.9 Å². The Morgan fingerprint density at radius 3 is 2.26 bits per heavy atom. The fourth-order valence-corrected chi connectivity index (χ4v) is 4.78. The van der Waals surface area contributed by atoms with Gasteiger partial charge in [-0.1, -0.05) is 17.7 Å². The summed E-state index contributed by atoms with van der Waals surface area (Å²) in [6.45, 7) is -1.20. The summed E-state index contributed by atoms with van der Waals surface area (Å²) in [6.07, 6.45) is -11.3. The highest BCUT2D eigenvalue weighted by Crippen LogP contribution is 2.37. The molecule has 1 amide bonds. The van der Waals surface area contributed by atoms with E-state index >= 15 is 0 Å². The number of anilines is 1. The molecule has 3 rings (SSSR count). The maximum Gasteiger partial charge on any atom is 0.435 e. The SMILES string of the molecule is Cn1nc(C(F)(F)F)c(COC(=O)Nc2ccc(Cl)cc2)c1S(=O)(=O)c1cccc(C(F)(F)F)c1. The number of sulfone groups is 1. The number of halogens is 7. The number of carbonyl (C=O) groups is 1. The van der Waals surface area contributed by atoms with Crippen molar-refractivity contribution >= 4 is 33.2 Å². The largest absolute Gasteiger partial charge is 0.444 e. The molecule has 0 saturated heterocycles. The molecule has 15 heteroatoms. The molecule has 1 heterocycles. The summed E-state index contributed by atoms with van der Waals surface area (Å²) >= 11 is 5.72. The van der Waals surface area contributed by atoms with E-state index in [0.717, 1.165) is 19.2 Å². The van der Waals surface area contributed by atoms with Gasteiger partial charge in [0, 0.05) is 17.8 Å². The molecule has 2 aromatic carbocycles. The smallest absolute Gasteiger partial charge is 0.435 e. The second-order valence-electron chi connectivity index (χ2n) is 6.99. The highest BCUT2D eigenvalue weighted by molar-refractivity contribution is 7.91. The molecule has 0 bridgehead atoms. The first-order valence-electron chi connectivity index (χ1n) is 9.35. The topological polar surface area (TPSA) is 90.3 Å². The zero-order valence-corrected chi connectivity index (χ0v) is 19.0. The van der Waals surface area contributed by atoms with Crippen LogP contribution in [0, 0.1) is 0 Å². The van der Waals surface area contributed by atoms with Gasteiger partial charge in [-0.2, -0.15) is 31.4 Å². The predicted molar refractivity (Wildman–Crippen MR) is 110 cm³/mol. The number of hydrogen-bond acceptors (Lipinski definition) is 5. The Kier molecular flexibility index (Phi) is 7.09. The summed E-state index contributed by atoms with van der Waals surface area (Å²) in [6, 6.07) is 8.06. The Morgan fingerprint density at radius 1 is 1.06 bits per heavy atom. The number of rotatable bonds is 5. The van der Waals surface area contributed by atoms with Gasteiger partial charge in [-0.3, -0.25) is 10.00 Å². The fraction of sp³-hybridized carbons (Fsp3) is 0.200. The van der Waals surface area contributed by atoms with E-state index in [4.69, 9.17) is 16.3 Å². The Bertz CT molecular complexity index is 1350. The molecule has 0 spiro atoms. The van der Waals surface area contributed by atoms with Crippen molar-refractivity contribution in [2.75, 3.05) is 5.32 Å². The lowest BCUT2D eigenvalue weighted by Gasteiger charge is -2.12. The van der Waals surface area contributed by atoms with Crippen molar-refractivity contribution in [3.63, 3.8) is 0 Å². The fourth-order valence-electron chi connectivity index (χ4n) is 3.02. The number of benzene rings is 2. The van der Waals surface area contributed by atoms with Crippen molar-refractivity contribution < 1.29 is 44.3 Å². The monoisotopic (exact) mass is 541 g/mol. The molecule has 0 atom stereocenters. The standard InChI is InChI=1S/C20H14ClF6N3O4S/c1-30-17(35(32,33)14-4-2-3-11(9-14)19(22,23)24)15(16(29-30)20(25,26)27)10-34-18(31)28-13-7-5-12(21)6-8-13/h2-9H,10H2,1H3,(H,28,31). The van der Waals surface area contributed by atoms with Crippen molar-refractivity contribution in [2.24, 2.45) is 7.05 Å². The Labute approximate surface area is 199 Å². The van der Waals surface area contributed by atoms with Gasteiger partial charge in [-0.05, 0) is 42.5 Å². The molecule has 0 unspecified atom stereocenters. The second kappa shape index (κ2) is 9.41. The van der Waals surface area contributed by atoms with Gasteiger partial charge in [-0.25, -0.2) is 13.2 Å². The number of alkyl halides is 6. The molecular formula is C20H14ClF6N3O4S. The first-order chi connectivity index (χ1) is 16.1. The van der Waals surface area contributed by atoms with Crippen LogP contribution in [0.15, 0.2) is 58.5 Å². The summed E-state index contributed by atoms with van der Waals surface area (Å²) in [5.41, 5.74) is -3.87. The Hall–Kier alpha value is -3.26. The summed E-state index contributed by atoms with van der Waals surface area (Å²) in [7, 11) is -4.09. The predicted octanol–water partition coefficient (Wildman–Crippen LogP) is 5.69. The lowest BCUT2D eigenvalue weighted by atomic mass is 10.2. The second-order valence-corrected chi connectivity index (χ2v) is 9.29. The van der Waals surface area contributed by atoms with Crippen LogP contribution in [0.2, 0.25) is 5.02 Å². The number of nitrogens with zero attached hydrogens (tertiary/aromatic N) is 2. The molecule has 1 aromatic heterocycles. The first-order valence-corrected chi connectivity index (χ1v) is 11.2. The molecule has 3 aromatic rings. The number of carbonyl (C=O) groups excluding carboxylic acids is 1. The van der Waals surface area contributed by atoms with Crippen LogP contribution in [-0.2, 0) is 40.6 Å². The maximum absolute atomic E-state index is 13.6. The van der Waals surface area contributed by atoms with Crippen molar-refractivity contribution in [3.05, 3.63) is 70.4 Å². The van der Waals surface area contributed by atoms with Gasteiger partial charge in [0.05, 0.1) is 16.0 Å². The van der Waals surface area contributed by atoms with E-state index in [-0.39, 0.29) is 11.8 Å². The molecule has 0 aliphatic heterocycles. The average Bonchev–Trinajstić information content (AvgIpc) is 3.11. The Morgan fingerprint density at radius 2 is 1.69 bits per heavy atom. The zero-order valence-electron chi connectivity index (χ0n) is 17.4. The molecule has 188 valence electrons. The van der Waals surface area contributed by atoms with Gasteiger partial charge in [0.15, 0.2) is 10.7 Å². The molecule has 0 saturated carbocycles. The third-order valence-electron chi connectivity index (χ3n) is 4.52. The van der Waals surface area contributed by atoms with E-state index in [1.807, 2.05) is 0 Å². The van der Waals surface area contributed by atoms with Crippen LogP contribution in [0.1, 0.15) is 16.8 Å². The third-order valence-corrected chi connectivity index (χ3v) is 6.67. The first kappa shape index (κ1) is 26.3. The van der Waals surface area contributed by atoms with E-state index < -0.39 is 61.6 Å². The quantitative estimate of drug-likeness (QED) is 0.419. The molecule has 1 N–H and O–H groups in total. The molecule has 0 aliphatic carbocycles. The van der Waals surface area contributed by atoms with Crippen molar-refractivity contribution in [3.8, 4) is 0 Å². The van der Waals surface area contributed by atoms with Gasteiger partial charge >= 0.3 is 18.4 Å². The van der Waals surface area contributed by atoms with Crippen LogP contribution >= 0.6 is 11.6 Å². The van der Waals surface area contributed by atoms with E-state index in [2.05, 4.69) is 10.4 Å². The zero-order chi connectivity index (χ0) is 26.2. The van der Waals surface area contributed by atoms with E-state index in [9.17, 15) is 39.6 Å².